The minimum absolute atomic E-state index is 0.447. The molecule has 0 saturated heterocycles. The highest BCUT2D eigenvalue weighted by atomic mass is 16.4. The summed E-state index contributed by atoms with van der Waals surface area (Å²) in [5.74, 6) is 3.16. The van der Waals surface area contributed by atoms with Crippen molar-refractivity contribution in [2.24, 2.45) is 0 Å². The highest BCUT2D eigenvalue weighted by Crippen LogP contribution is 2.39. The quantitative estimate of drug-likeness (QED) is 0.775. The molecular weight excluding hydrogens is 292 g/mol. The molecule has 1 aliphatic carbocycles. The fourth-order valence-corrected chi connectivity index (χ4v) is 2.28. The zero-order valence-corrected chi connectivity index (χ0v) is 12.7. The normalized spacial score (nSPS) is 14.0. The van der Waals surface area contributed by atoms with Crippen LogP contribution < -0.4 is 5.32 Å². The third-order valence-electron chi connectivity index (χ3n) is 3.60. The monoisotopic (exact) mass is 308 g/mol. The number of nitrogens with zero attached hydrogens (tertiary/aromatic N) is 5. The van der Waals surface area contributed by atoms with Gasteiger partial charge in [0.15, 0.2) is 5.82 Å². The molecule has 3 heterocycles. The van der Waals surface area contributed by atoms with E-state index in [2.05, 4.69) is 30.5 Å². The molecule has 4 rings (SSSR count). The number of hydrogen-bond donors (Lipinski definition) is 1. The lowest BCUT2D eigenvalue weighted by Crippen LogP contribution is -2.04. The Balaban J connectivity index is 1.50. The van der Waals surface area contributed by atoms with Crippen LogP contribution in [0.4, 0.5) is 5.82 Å². The average Bonchev–Trinajstić information content (AvgIpc) is 3.32. The molecule has 7 heteroatoms. The van der Waals surface area contributed by atoms with Crippen LogP contribution in [0, 0.1) is 6.92 Å². The lowest BCUT2D eigenvalue weighted by Gasteiger charge is -2.07. The Kier molecular flexibility index (Phi) is 3.45. The van der Waals surface area contributed by atoms with E-state index in [0.29, 0.717) is 24.2 Å². The van der Waals surface area contributed by atoms with Gasteiger partial charge in [-0.1, -0.05) is 0 Å². The van der Waals surface area contributed by atoms with Crippen molar-refractivity contribution in [2.45, 2.75) is 32.2 Å². The summed E-state index contributed by atoms with van der Waals surface area (Å²) in [6.45, 7) is 2.38. The van der Waals surface area contributed by atoms with Gasteiger partial charge >= 0.3 is 0 Å². The van der Waals surface area contributed by atoms with E-state index >= 15 is 0 Å². The fourth-order valence-electron chi connectivity index (χ4n) is 2.28. The molecule has 0 bridgehead atoms. The second-order valence-corrected chi connectivity index (χ2v) is 5.62. The van der Waals surface area contributed by atoms with Crippen molar-refractivity contribution < 1.29 is 4.42 Å². The molecule has 1 aliphatic rings. The molecule has 0 spiro atoms. The van der Waals surface area contributed by atoms with Gasteiger partial charge in [0.2, 0.25) is 11.8 Å². The highest BCUT2D eigenvalue weighted by molar-refractivity contribution is 5.56. The first-order chi connectivity index (χ1) is 11.3. The van der Waals surface area contributed by atoms with Crippen LogP contribution in [0.3, 0.4) is 0 Å². The van der Waals surface area contributed by atoms with Crippen LogP contribution in [0.25, 0.3) is 11.4 Å². The van der Waals surface area contributed by atoms with Gasteiger partial charge in [0.1, 0.15) is 5.82 Å². The minimum Gasteiger partial charge on any atom is -0.423 e. The van der Waals surface area contributed by atoms with Crippen molar-refractivity contribution in [1.82, 2.24) is 25.1 Å². The summed E-state index contributed by atoms with van der Waals surface area (Å²) in [7, 11) is 0. The first-order valence-electron chi connectivity index (χ1n) is 7.60. The number of hydrogen-bond acceptors (Lipinski definition) is 7. The summed E-state index contributed by atoms with van der Waals surface area (Å²) in [4.78, 5) is 13.1. The number of nitrogens with one attached hydrogen (secondary N) is 1. The van der Waals surface area contributed by atoms with Crippen molar-refractivity contribution in [1.29, 1.82) is 0 Å². The molecule has 3 aromatic rings. The number of aromatic nitrogens is 5. The summed E-state index contributed by atoms with van der Waals surface area (Å²) >= 11 is 0. The topological polar surface area (TPSA) is 89.6 Å². The van der Waals surface area contributed by atoms with E-state index in [1.54, 1.807) is 12.4 Å². The van der Waals surface area contributed by atoms with Gasteiger partial charge in [-0.2, -0.15) is 0 Å². The van der Waals surface area contributed by atoms with Crippen LogP contribution in [0.1, 0.15) is 36.2 Å². The summed E-state index contributed by atoms with van der Waals surface area (Å²) in [6, 6.07) is 5.69. The first kappa shape index (κ1) is 13.8. The summed E-state index contributed by atoms with van der Waals surface area (Å²) in [5.41, 5.74) is 1.76. The van der Waals surface area contributed by atoms with Crippen molar-refractivity contribution in [3.63, 3.8) is 0 Å². The molecular formula is C16H16N6O. The maximum atomic E-state index is 5.64. The van der Waals surface area contributed by atoms with Crippen LogP contribution in [0.5, 0.6) is 0 Å². The van der Waals surface area contributed by atoms with Gasteiger partial charge in [-0.25, -0.2) is 9.97 Å². The molecule has 0 atom stereocenters. The Morgan fingerprint density at radius 3 is 2.96 bits per heavy atom. The molecule has 0 radical (unpaired) electrons. The molecule has 1 N–H and O–H groups in total. The molecule has 3 aromatic heterocycles. The molecule has 1 saturated carbocycles. The van der Waals surface area contributed by atoms with Crippen molar-refractivity contribution >= 4 is 5.82 Å². The van der Waals surface area contributed by atoms with Crippen LogP contribution in [-0.2, 0) is 6.54 Å². The maximum absolute atomic E-state index is 5.64. The van der Waals surface area contributed by atoms with E-state index in [-0.39, 0.29) is 0 Å². The second kappa shape index (κ2) is 5.75. The number of pyridine rings is 1. The van der Waals surface area contributed by atoms with Gasteiger partial charge < -0.3 is 9.73 Å². The van der Waals surface area contributed by atoms with Crippen LogP contribution in [-0.4, -0.2) is 25.1 Å². The summed E-state index contributed by atoms with van der Waals surface area (Å²) < 4.78 is 5.64. The van der Waals surface area contributed by atoms with Crippen molar-refractivity contribution in [3.8, 4) is 11.4 Å². The van der Waals surface area contributed by atoms with E-state index in [4.69, 9.17) is 4.42 Å². The van der Waals surface area contributed by atoms with Crippen LogP contribution in [0.15, 0.2) is 35.0 Å². The largest absolute Gasteiger partial charge is 0.423 e. The predicted molar refractivity (Wildman–Crippen MR) is 83.6 cm³/mol. The highest BCUT2D eigenvalue weighted by Gasteiger charge is 2.29. The Labute approximate surface area is 133 Å². The SMILES string of the molecule is Cc1cc(NCc2nnc(C3CC3)o2)nc(-c2cccnc2)n1. The van der Waals surface area contributed by atoms with E-state index in [1.165, 1.54) is 0 Å². The molecule has 116 valence electrons. The lowest BCUT2D eigenvalue weighted by molar-refractivity contribution is 0.457. The maximum Gasteiger partial charge on any atom is 0.235 e. The lowest BCUT2D eigenvalue weighted by atomic mass is 10.2. The van der Waals surface area contributed by atoms with E-state index in [0.717, 1.165) is 35.8 Å². The van der Waals surface area contributed by atoms with E-state index in [9.17, 15) is 0 Å². The number of rotatable bonds is 5. The number of anilines is 1. The molecule has 0 amide bonds. The Hall–Kier alpha value is -2.83. The molecule has 0 aromatic carbocycles. The van der Waals surface area contributed by atoms with Gasteiger partial charge in [0.05, 0.1) is 6.54 Å². The fraction of sp³-hybridized carbons (Fsp3) is 0.312. The molecule has 1 fully saturated rings. The Morgan fingerprint density at radius 1 is 1.26 bits per heavy atom. The van der Waals surface area contributed by atoms with Gasteiger partial charge in [0.25, 0.3) is 0 Å². The number of aryl methyl sites for hydroxylation is 1. The van der Waals surface area contributed by atoms with Gasteiger partial charge in [-0.3, -0.25) is 4.98 Å². The third kappa shape index (κ3) is 3.18. The Morgan fingerprint density at radius 2 is 2.17 bits per heavy atom. The molecule has 0 aliphatic heterocycles. The van der Waals surface area contributed by atoms with E-state index < -0.39 is 0 Å². The standard InChI is InChI=1S/C16H16N6O/c1-10-7-13(20-15(19-10)12-3-2-6-17-8-12)18-9-14-21-22-16(23-14)11-4-5-11/h2-3,6-8,11H,4-5,9H2,1H3,(H,18,19,20). The second-order valence-electron chi connectivity index (χ2n) is 5.62. The average molecular weight is 308 g/mol. The molecule has 23 heavy (non-hydrogen) atoms. The first-order valence-corrected chi connectivity index (χ1v) is 7.60. The zero-order chi connectivity index (χ0) is 15.6. The third-order valence-corrected chi connectivity index (χ3v) is 3.60. The summed E-state index contributed by atoms with van der Waals surface area (Å²) in [5, 5.41) is 11.4. The van der Waals surface area contributed by atoms with Crippen LogP contribution in [0.2, 0.25) is 0 Å². The smallest absolute Gasteiger partial charge is 0.235 e. The van der Waals surface area contributed by atoms with Gasteiger partial charge in [0, 0.05) is 35.6 Å². The molecule has 7 nitrogen and oxygen atoms in total. The predicted octanol–water partition coefficient (Wildman–Crippen LogP) is 2.72. The summed E-state index contributed by atoms with van der Waals surface area (Å²) in [6.07, 6.45) is 5.77. The van der Waals surface area contributed by atoms with Crippen LogP contribution >= 0.6 is 0 Å². The zero-order valence-electron chi connectivity index (χ0n) is 12.7. The Bertz CT molecular complexity index is 812. The van der Waals surface area contributed by atoms with Crippen molar-refractivity contribution in [3.05, 3.63) is 48.1 Å². The van der Waals surface area contributed by atoms with Gasteiger partial charge in [-0.05, 0) is 31.9 Å². The van der Waals surface area contributed by atoms with Crippen molar-refractivity contribution in [2.75, 3.05) is 5.32 Å². The van der Waals surface area contributed by atoms with Gasteiger partial charge in [-0.15, -0.1) is 10.2 Å². The van der Waals surface area contributed by atoms with E-state index in [1.807, 2.05) is 25.1 Å². The molecule has 0 unspecified atom stereocenters. The minimum atomic E-state index is 0.447.